The largest absolute Gasteiger partial charge is 0.386 e. The van der Waals surface area contributed by atoms with E-state index in [-0.39, 0.29) is 29.3 Å². The number of hydrogen-bond donors (Lipinski definition) is 2. The zero-order chi connectivity index (χ0) is 21.6. The smallest absolute Gasteiger partial charge is 0.227 e. The normalized spacial score (nSPS) is 18.3. The highest BCUT2D eigenvalue weighted by molar-refractivity contribution is 5.92. The Kier molecular flexibility index (Phi) is 5.49. The monoisotopic (exact) mass is 407 g/mol. The molecule has 7 heteroatoms. The number of carbonyl (C=O) groups excluding carboxylic acids is 1. The first-order valence-electron chi connectivity index (χ1n) is 10.2. The topological polar surface area (TPSA) is 67.2 Å². The maximum Gasteiger partial charge on any atom is 0.227 e. The number of anilines is 1. The summed E-state index contributed by atoms with van der Waals surface area (Å²) in [5.74, 6) is -0.607. The Balaban J connectivity index is 2.08. The van der Waals surface area contributed by atoms with E-state index in [1.54, 1.807) is 26.8 Å². The van der Waals surface area contributed by atoms with Gasteiger partial charge in [-0.25, -0.2) is 9.37 Å². The van der Waals surface area contributed by atoms with Gasteiger partial charge in [0.1, 0.15) is 5.52 Å². The third-order valence-electron chi connectivity index (χ3n) is 6.41. The van der Waals surface area contributed by atoms with E-state index in [0.29, 0.717) is 17.5 Å². The highest BCUT2D eigenvalue weighted by Crippen LogP contribution is 2.44. The number of aromatic nitrogens is 2. The Morgan fingerprint density at radius 2 is 2.00 bits per heavy atom. The number of hydrogen-bond acceptors (Lipinski definition) is 3. The summed E-state index contributed by atoms with van der Waals surface area (Å²) in [6.07, 6.45) is 3.36. The highest BCUT2D eigenvalue weighted by atomic mass is 19.1. The first-order valence-corrected chi connectivity index (χ1v) is 10.2. The van der Waals surface area contributed by atoms with Crippen molar-refractivity contribution in [3.63, 3.8) is 0 Å². The number of alkyl halides is 1. The molecular formula is C22H31F2N3O2. The molecule has 0 radical (unpaired) electrons. The summed E-state index contributed by atoms with van der Waals surface area (Å²) in [6.45, 7) is 8.26. The first kappa shape index (κ1) is 21.7. The van der Waals surface area contributed by atoms with Crippen LogP contribution in [0.5, 0.6) is 0 Å². The van der Waals surface area contributed by atoms with E-state index >= 15 is 0 Å². The number of carbonyl (C=O) groups is 1. The number of rotatable bonds is 7. The molecule has 1 unspecified atom stereocenters. The van der Waals surface area contributed by atoms with E-state index in [2.05, 4.69) is 17.2 Å². The fourth-order valence-corrected chi connectivity index (χ4v) is 3.85. The summed E-state index contributed by atoms with van der Waals surface area (Å²) in [7, 11) is 0. The van der Waals surface area contributed by atoms with Gasteiger partial charge in [0.15, 0.2) is 5.82 Å². The molecule has 1 fully saturated rings. The Bertz CT molecular complexity index is 922. The van der Waals surface area contributed by atoms with Crippen LogP contribution in [-0.2, 0) is 15.9 Å². The van der Waals surface area contributed by atoms with Gasteiger partial charge < -0.3 is 9.67 Å². The second-order valence-corrected chi connectivity index (χ2v) is 9.53. The van der Waals surface area contributed by atoms with Crippen molar-refractivity contribution in [3.8, 4) is 0 Å². The Labute approximate surface area is 170 Å². The van der Waals surface area contributed by atoms with E-state index < -0.39 is 23.5 Å². The molecular weight excluding hydrogens is 376 g/mol. The summed E-state index contributed by atoms with van der Waals surface area (Å²) in [5.41, 5.74) is -1.09. The Morgan fingerprint density at radius 3 is 2.48 bits per heavy atom. The van der Waals surface area contributed by atoms with Crippen molar-refractivity contribution in [3.05, 3.63) is 23.5 Å². The lowest BCUT2D eigenvalue weighted by Gasteiger charge is -2.41. The molecule has 29 heavy (non-hydrogen) atoms. The number of nitrogens with zero attached hydrogens (tertiary/aromatic N) is 2. The minimum atomic E-state index is -1.21. The molecule has 1 atom stereocenters. The van der Waals surface area contributed by atoms with Crippen LogP contribution >= 0.6 is 0 Å². The predicted octanol–water partition coefficient (Wildman–Crippen LogP) is 5.02. The molecule has 1 aromatic heterocycles. The molecule has 0 saturated heterocycles. The summed E-state index contributed by atoms with van der Waals surface area (Å²) in [6, 6.07) is 3.02. The van der Waals surface area contributed by atoms with Crippen LogP contribution in [0.3, 0.4) is 0 Å². The lowest BCUT2D eigenvalue weighted by atomic mass is 9.78. The number of nitrogens with one attached hydrogen (secondary N) is 1. The SMILES string of the molecule is CCC(C)(CF)CC(=O)Nc1nc2c(F)cc(C(C)(C)O)cc2n1C1(C)CCC1. The molecule has 3 rings (SSSR count). The van der Waals surface area contributed by atoms with Crippen molar-refractivity contribution in [2.45, 2.75) is 77.9 Å². The number of aliphatic hydroxyl groups is 1. The van der Waals surface area contributed by atoms with E-state index in [9.17, 15) is 18.7 Å². The van der Waals surface area contributed by atoms with E-state index in [0.717, 1.165) is 19.3 Å². The molecule has 1 aromatic carbocycles. The molecule has 5 nitrogen and oxygen atoms in total. The van der Waals surface area contributed by atoms with Crippen molar-refractivity contribution in [1.29, 1.82) is 0 Å². The van der Waals surface area contributed by atoms with Gasteiger partial charge in [0, 0.05) is 17.4 Å². The number of benzene rings is 1. The van der Waals surface area contributed by atoms with Gasteiger partial charge in [0.2, 0.25) is 11.9 Å². The summed E-state index contributed by atoms with van der Waals surface area (Å²) in [5, 5.41) is 13.2. The van der Waals surface area contributed by atoms with Gasteiger partial charge in [-0.1, -0.05) is 13.8 Å². The van der Waals surface area contributed by atoms with Gasteiger partial charge >= 0.3 is 0 Å². The number of imidazole rings is 1. The van der Waals surface area contributed by atoms with Crippen LogP contribution in [0, 0.1) is 11.2 Å². The standard InChI is InChI=1S/C22H31F2N3O2/c1-6-21(4,13-23)12-17(28)25-19-26-18-15(24)10-14(20(2,3)29)11-16(18)27(19)22(5)8-7-9-22/h10-11,29H,6-9,12-13H2,1-5H3,(H,25,26,28). The van der Waals surface area contributed by atoms with E-state index in [1.807, 2.05) is 11.5 Å². The summed E-state index contributed by atoms with van der Waals surface area (Å²) in [4.78, 5) is 17.0. The Morgan fingerprint density at radius 1 is 1.34 bits per heavy atom. The number of amides is 1. The van der Waals surface area contributed by atoms with Gasteiger partial charge in [0.25, 0.3) is 0 Å². The minimum Gasteiger partial charge on any atom is -0.386 e. The molecule has 2 aromatic rings. The van der Waals surface area contributed by atoms with Crippen molar-refractivity contribution >= 4 is 22.9 Å². The fourth-order valence-electron chi connectivity index (χ4n) is 3.85. The van der Waals surface area contributed by atoms with Crippen molar-refractivity contribution in [2.75, 3.05) is 12.0 Å². The second kappa shape index (κ2) is 7.35. The van der Waals surface area contributed by atoms with E-state index in [1.165, 1.54) is 6.07 Å². The van der Waals surface area contributed by atoms with Crippen LogP contribution < -0.4 is 5.32 Å². The molecule has 160 valence electrons. The van der Waals surface area contributed by atoms with Gasteiger partial charge in [-0.3, -0.25) is 14.5 Å². The average molecular weight is 408 g/mol. The highest BCUT2D eigenvalue weighted by Gasteiger charge is 2.38. The zero-order valence-corrected chi connectivity index (χ0v) is 17.9. The lowest BCUT2D eigenvalue weighted by Crippen LogP contribution is -2.38. The Hall–Kier alpha value is -2.02. The molecule has 1 aliphatic carbocycles. The molecule has 0 aliphatic heterocycles. The van der Waals surface area contributed by atoms with Crippen molar-refractivity contribution in [2.24, 2.45) is 5.41 Å². The quantitative estimate of drug-likeness (QED) is 0.677. The lowest BCUT2D eigenvalue weighted by molar-refractivity contribution is -0.118. The molecule has 1 amide bonds. The summed E-state index contributed by atoms with van der Waals surface area (Å²) >= 11 is 0. The maximum absolute atomic E-state index is 14.8. The van der Waals surface area contributed by atoms with Gasteiger partial charge in [-0.2, -0.15) is 0 Å². The van der Waals surface area contributed by atoms with Crippen LogP contribution in [0.25, 0.3) is 11.0 Å². The minimum absolute atomic E-state index is 0.0251. The molecule has 2 N–H and O–H groups in total. The predicted molar refractivity (Wildman–Crippen MR) is 110 cm³/mol. The van der Waals surface area contributed by atoms with Crippen LogP contribution in [0.2, 0.25) is 0 Å². The van der Waals surface area contributed by atoms with Gasteiger partial charge in [-0.05, 0) is 64.2 Å². The third-order valence-corrected chi connectivity index (χ3v) is 6.41. The van der Waals surface area contributed by atoms with Crippen molar-refractivity contribution < 1.29 is 18.7 Å². The van der Waals surface area contributed by atoms with Crippen LogP contribution in [0.4, 0.5) is 14.7 Å². The van der Waals surface area contributed by atoms with Gasteiger partial charge in [0.05, 0.1) is 17.8 Å². The zero-order valence-electron chi connectivity index (χ0n) is 17.9. The average Bonchev–Trinajstić information content (AvgIpc) is 2.97. The fraction of sp³-hybridized carbons (Fsp3) is 0.636. The number of fused-ring (bicyclic) bond motifs is 1. The third kappa shape index (κ3) is 4.02. The molecule has 0 bridgehead atoms. The summed E-state index contributed by atoms with van der Waals surface area (Å²) < 4.78 is 30.1. The maximum atomic E-state index is 14.8. The molecule has 0 spiro atoms. The van der Waals surface area contributed by atoms with Crippen LogP contribution in [-0.4, -0.2) is 27.2 Å². The van der Waals surface area contributed by atoms with Crippen LogP contribution in [0.15, 0.2) is 12.1 Å². The molecule has 1 aliphatic rings. The van der Waals surface area contributed by atoms with Crippen molar-refractivity contribution in [1.82, 2.24) is 9.55 Å². The molecule has 1 saturated carbocycles. The molecule has 1 heterocycles. The first-order chi connectivity index (χ1) is 13.4. The van der Waals surface area contributed by atoms with Crippen LogP contribution in [0.1, 0.15) is 72.3 Å². The van der Waals surface area contributed by atoms with Gasteiger partial charge in [-0.15, -0.1) is 0 Å². The van der Waals surface area contributed by atoms with E-state index in [4.69, 9.17) is 0 Å². The number of halogens is 2. The second-order valence-electron chi connectivity index (χ2n) is 9.53.